The third kappa shape index (κ3) is 3.93. The van der Waals surface area contributed by atoms with E-state index in [0.717, 1.165) is 31.5 Å². The molecule has 0 bridgehead atoms. The summed E-state index contributed by atoms with van der Waals surface area (Å²) in [5, 5.41) is 0. The van der Waals surface area contributed by atoms with Crippen molar-refractivity contribution in [2.75, 3.05) is 6.54 Å². The Balaban J connectivity index is 2.00. The van der Waals surface area contributed by atoms with E-state index in [1.165, 1.54) is 6.42 Å². The number of pyridine rings is 1. The number of piperidine rings is 1. The van der Waals surface area contributed by atoms with Crippen LogP contribution in [0.4, 0.5) is 0 Å². The highest BCUT2D eigenvalue weighted by molar-refractivity contribution is 5.77. The molecule has 2 heterocycles. The van der Waals surface area contributed by atoms with Crippen LogP contribution in [-0.2, 0) is 11.2 Å². The van der Waals surface area contributed by atoms with Crippen molar-refractivity contribution < 1.29 is 4.79 Å². The molecule has 1 aromatic rings. The summed E-state index contributed by atoms with van der Waals surface area (Å²) in [6.45, 7) is 9.26. The van der Waals surface area contributed by atoms with E-state index < -0.39 is 0 Å². The van der Waals surface area contributed by atoms with Crippen molar-refractivity contribution in [3.8, 4) is 0 Å². The molecule has 0 N–H and O–H groups in total. The number of rotatable bonds is 5. The molecule has 0 aromatic carbocycles. The van der Waals surface area contributed by atoms with E-state index in [1.54, 1.807) is 6.20 Å². The maximum absolute atomic E-state index is 12.6. The van der Waals surface area contributed by atoms with Crippen LogP contribution in [0.25, 0.3) is 0 Å². The summed E-state index contributed by atoms with van der Waals surface area (Å²) in [5.74, 6) is 0.250. The SMILES string of the molecule is C=CC[C@H]1N(C(=O)CCc2ccccn2)CCCC1(C)C. The molecular formula is C18H26N2O. The fraction of sp³-hybridized carbons (Fsp3) is 0.556. The quantitative estimate of drug-likeness (QED) is 0.775. The average molecular weight is 286 g/mol. The van der Waals surface area contributed by atoms with Gasteiger partial charge in [-0.25, -0.2) is 0 Å². The lowest BCUT2D eigenvalue weighted by Crippen LogP contribution is -2.52. The van der Waals surface area contributed by atoms with Gasteiger partial charge in [0.05, 0.1) is 0 Å². The molecule has 1 atom stereocenters. The highest BCUT2D eigenvalue weighted by atomic mass is 16.2. The van der Waals surface area contributed by atoms with Crippen LogP contribution in [0.1, 0.15) is 45.2 Å². The Morgan fingerprint density at radius 3 is 3.00 bits per heavy atom. The number of carbonyl (C=O) groups is 1. The van der Waals surface area contributed by atoms with Gasteiger partial charge in [0.15, 0.2) is 0 Å². The third-order valence-corrected chi connectivity index (χ3v) is 4.53. The largest absolute Gasteiger partial charge is 0.339 e. The van der Waals surface area contributed by atoms with Gasteiger partial charge in [-0.1, -0.05) is 26.0 Å². The summed E-state index contributed by atoms with van der Waals surface area (Å²) in [5.41, 5.74) is 1.16. The first kappa shape index (κ1) is 15.7. The fourth-order valence-corrected chi connectivity index (χ4v) is 3.28. The van der Waals surface area contributed by atoms with Crippen LogP contribution >= 0.6 is 0 Å². The molecule has 3 nitrogen and oxygen atoms in total. The first-order chi connectivity index (χ1) is 10.0. The lowest BCUT2D eigenvalue weighted by molar-refractivity contribution is -0.138. The van der Waals surface area contributed by atoms with Crippen molar-refractivity contribution in [2.24, 2.45) is 5.41 Å². The van der Waals surface area contributed by atoms with Crippen molar-refractivity contribution in [2.45, 2.75) is 52.0 Å². The minimum atomic E-state index is 0.174. The average Bonchev–Trinajstić information content (AvgIpc) is 2.48. The van der Waals surface area contributed by atoms with Crippen molar-refractivity contribution in [3.63, 3.8) is 0 Å². The van der Waals surface area contributed by atoms with E-state index >= 15 is 0 Å². The Labute approximate surface area is 128 Å². The number of hydrogen-bond donors (Lipinski definition) is 0. The van der Waals surface area contributed by atoms with Crippen LogP contribution < -0.4 is 0 Å². The second-order valence-electron chi connectivity index (χ2n) is 6.54. The molecule has 1 saturated heterocycles. The molecule has 1 amide bonds. The van der Waals surface area contributed by atoms with E-state index in [-0.39, 0.29) is 17.4 Å². The predicted octanol–water partition coefficient (Wildman–Crippen LogP) is 3.61. The Bertz CT molecular complexity index is 481. The Morgan fingerprint density at radius 1 is 1.52 bits per heavy atom. The smallest absolute Gasteiger partial charge is 0.223 e. The molecule has 3 heteroatoms. The van der Waals surface area contributed by atoms with E-state index in [4.69, 9.17) is 0 Å². The van der Waals surface area contributed by atoms with Crippen molar-refractivity contribution >= 4 is 5.91 Å². The molecule has 21 heavy (non-hydrogen) atoms. The second-order valence-corrected chi connectivity index (χ2v) is 6.54. The van der Waals surface area contributed by atoms with Gasteiger partial charge in [-0.05, 0) is 43.2 Å². The zero-order chi connectivity index (χ0) is 15.3. The maximum Gasteiger partial charge on any atom is 0.223 e. The van der Waals surface area contributed by atoms with Gasteiger partial charge >= 0.3 is 0 Å². The number of amides is 1. The molecule has 1 aliphatic heterocycles. The van der Waals surface area contributed by atoms with E-state index in [1.807, 2.05) is 24.3 Å². The monoisotopic (exact) mass is 286 g/mol. The summed E-state index contributed by atoms with van der Waals surface area (Å²) in [7, 11) is 0. The molecule has 114 valence electrons. The van der Waals surface area contributed by atoms with Crippen LogP contribution in [0.3, 0.4) is 0 Å². The first-order valence-corrected chi connectivity index (χ1v) is 7.85. The zero-order valence-electron chi connectivity index (χ0n) is 13.2. The molecule has 0 saturated carbocycles. The van der Waals surface area contributed by atoms with Gasteiger partial charge in [0, 0.05) is 30.9 Å². The van der Waals surface area contributed by atoms with Crippen LogP contribution in [0, 0.1) is 5.41 Å². The molecule has 1 aliphatic rings. The number of aryl methyl sites for hydroxylation is 1. The summed E-state index contributed by atoms with van der Waals surface area (Å²) in [6.07, 6.45) is 8.13. The summed E-state index contributed by atoms with van der Waals surface area (Å²) in [4.78, 5) is 19.0. The maximum atomic E-state index is 12.6. The Hall–Kier alpha value is -1.64. The predicted molar refractivity (Wildman–Crippen MR) is 85.9 cm³/mol. The van der Waals surface area contributed by atoms with Gasteiger partial charge in [0.1, 0.15) is 0 Å². The summed E-state index contributed by atoms with van der Waals surface area (Å²) >= 11 is 0. The Morgan fingerprint density at radius 2 is 2.33 bits per heavy atom. The van der Waals surface area contributed by atoms with Gasteiger partial charge in [0.25, 0.3) is 0 Å². The van der Waals surface area contributed by atoms with E-state index in [9.17, 15) is 4.79 Å². The van der Waals surface area contributed by atoms with Gasteiger partial charge in [-0.2, -0.15) is 0 Å². The number of likely N-dealkylation sites (tertiary alicyclic amines) is 1. The van der Waals surface area contributed by atoms with Crippen LogP contribution in [0.2, 0.25) is 0 Å². The van der Waals surface area contributed by atoms with Crippen LogP contribution in [0.15, 0.2) is 37.1 Å². The van der Waals surface area contributed by atoms with Crippen molar-refractivity contribution in [3.05, 3.63) is 42.7 Å². The Kier molecular flexibility index (Phi) is 5.16. The molecule has 0 unspecified atom stereocenters. The second kappa shape index (κ2) is 6.88. The van der Waals surface area contributed by atoms with Crippen LogP contribution in [0.5, 0.6) is 0 Å². The molecule has 0 spiro atoms. The molecule has 2 rings (SSSR count). The molecule has 0 aliphatic carbocycles. The minimum absolute atomic E-state index is 0.174. The lowest BCUT2D eigenvalue weighted by atomic mass is 9.75. The van der Waals surface area contributed by atoms with Gasteiger partial charge in [-0.3, -0.25) is 9.78 Å². The summed E-state index contributed by atoms with van der Waals surface area (Å²) < 4.78 is 0. The van der Waals surface area contributed by atoms with Gasteiger partial charge < -0.3 is 4.90 Å². The van der Waals surface area contributed by atoms with Crippen molar-refractivity contribution in [1.82, 2.24) is 9.88 Å². The third-order valence-electron chi connectivity index (χ3n) is 4.53. The van der Waals surface area contributed by atoms with E-state index in [0.29, 0.717) is 6.42 Å². The van der Waals surface area contributed by atoms with Crippen molar-refractivity contribution in [1.29, 1.82) is 0 Å². The van der Waals surface area contributed by atoms with E-state index in [2.05, 4.69) is 30.3 Å². The highest BCUT2D eigenvalue weighted by Gasteiger charge is 2.38. The minimum Gasteiger partial charge on any atom is -0.339 e. The molecule has 1 aromatic heterocycles. The molecule has 0 radical (unpaired) electrons. The molecule has 1 fully saturated rings. The number of carbonyl (C=O) groups excluding carboxylic acids is 1. The fourth-order valence-electron chi connectivity index (χ4n) is 3.28. The number of aromatic nitrogens is 1. The standard InChI is InChI=1S/C18H26N2O/c1-4-8-16-18(2,3)12-7-14-20(16)17(21)11-10-15-9-5-6-13-19-15/h4-6,9,13,16H,1,7-8,10-12,14H2,2-3H3/t16-/m1/s1. The van der Waals surface area contributed by atoms with Crippen LogP contribution in [-0.4, -0.2) is 28.4 Å². The highest BCUT2D eigenvalue weighted by Crippen LogP contribution is 2.37. The lowest BCUT2D eigenvalue weighted by Gasteiger charge is -2.46. The van der Waals surface area contributed by atoms with Gasteiger partial charge in [-0.15, -0.1) is 6.58 Å². The topological polar surface area (TPSA) is 33.2 Å². The zero-order valence-corrected chi connectivity index (χ0v) is 13.2. The number of hydrogen-bond acceptors (Lipinski definition) is 2. The number of nitrogens with zero attached hydrogens (tertiary/aromatic N) is 2. The van der Waals surface area contributed by atoms with Gasteiger partial charge in [0.2, 0.25) is 5.91 Å². The normalized spacial score (nSPS) is 21.0. The first-order valence-electron chi connectivity index (χ1n) is 7.85. The molecular weight excluding hydrogens is 260 g/mol. The summed E-state index contributed by atoms with van der Waals surface area (Å²) in [6, 6.07) is 6.13.